The first kappa shape index (κ1) is 12.3. The molecular weight excluding hydrogens is 127 g/mol. The van der Waals surface area contributed by atoms with E-state index in [0.717, 1.165) is 6.42 Å². The van der Waals surface area contributed by atoms with Gasteiger partial charge in [0.05, 0.1) is 6.61 Å². The van der Waals surface area contributed by atoms with E-state index < -0.39 is 0 Å². The van der Waals surface area contributed by atoms with Gasteiger partial charge in [0.2, 0.25) is 0 Å². The minimum atomic E-state index is -0.130. The SMILES string of the molecule is CCC(CO)C(C)=O.[Na]. The molecule has 9 heavy (non-hydrogen) atoms. The molecule has 49 valence electrons. The van der Waals surface area contributed by atoms with E-state index in [0.29, 0.717) is 0 Å². The number of carbonyl (C=O) groups is 1. The van der Waals surface area contributed by atoms with E-state index in [-0.39, 0.29) is 47.9 Å². The van der Waals surface area contributed by atoms with Gasteiger partial charge >= 0.3 is 0 Å². The third-order valence-electron chi connectivity index (χ3n) is 1.29. The van der Waals surface area contributed by atoms with Crippen LogP contribution in [-0.2, 0) is 4.79 Å². The first-order valence-electron chi connectivity index (χ1n) is 2.83. The van der Waals surface area contributed by atoms with Crippen LogP contribution in [-0.4, -0.2) is 47.1 Å². The third kappa shape index (κ3) is 5.09. The number of carbonyl (C=O) groups excluding carboxylic acids is 1. The van der Waals surface area contributed by atoms with Crippen LogP contribution in [0.2, 0.25) is 0 Å². The van der Waals surface area contributed by atoms with Gasteiger partial charge in [0.25, 0.3) is 0 Å². The van der Waals surface area contributed by atoms with Crippen molar-refractivity contribution >= 4 is 35.3 Å². The molecule has 0 heterocycles. The number of aliphatic hydroxyl groups is 1. The zero-order valence-electron chi connectivity index (χ0n) is 6.35. The summed E-state index contributed by atoms with van der Waals surface area (Å²) in [6.07, 6.45) is 0.742. The van der Waals surface area contributed by atoms with Crippen LogP contribution in [0.4, 0.5) is 0 Å². The van der Waals surface area contributed by atoms with Gasteiger partial charge in [-0.25, -0.2) is 0 Å². The number of hydrogen-bond acceptors (Lipinski definition) is 2. The van der Waals surface area contributed by atoms with E-state index in [1.807, 2.05) is 6.92 Å². The van der Waals surface area contributed by atoms with Crippen molar-refractivity contribution in [2.24, 2.45) is 5.92 Å². The molecule has 0 saturated carbocycles. The van der Waals surface area contributed by atoms with Crippen molar-refractivity contribution in [3.05, 3.63) is 0 Å². The van der Waals surface area contributed by atoms with E-state index in [1.54, 1.807) is 0 Å². The first-order valence-corrected chi connectivity index (χ1v) is 2.83. The predicted octanol–water partition coefficient (Wildman–Crippen LogP) is 0.213. The van der Waals surface area contributed by atoms with Crippen LogP contribution in [0.25, 0.3) is 0 Å². The zero-order chi connectivity index (χ0) is 6.57. The molecule has 0 spiro atoms. The molecule has 0 aliphatic heterocycles. The average molecular weight is 139 g/mol. The van der Waals surface area contributed by atoms with Gasteiger partial charge in [0.15, 0.2) is 0 Å². The molecule has 1 N–H and O–H groups in total. The molecule has 0 rings (SSSR count). The minimum absolute atomic E-state index is 0. The summed E-state index contributed by atoms with van der Waals surface area (Å²) in [7, 11) is 0. The Morgan fingerprint density at radius 2 is 2.11 bits per heavy atom. The molecule has 1 unspecified atom stereocenters. The van der Waals surface area contributed by atoms with E-state index in [1.165, 1.54) is 6.92 Å². The fourth-order valence-electron chi connectivity index (χ4n) is 0.545. The summed E-state index contributed by atoms with van der Waals surface area (Å²) in [5.74, 6) is -0.0509. The van der Waals surface area contributed by atoms with Gasteiger partial charge in [-0.2, -0.15) is 0 Å². The van der Waals surface area contributed by atoms with E-state index in [2.05, 4.69) is 0 Å². The van der Waals surface area contributed by atoms with Gasteiger partial charge in [-0.1, -0.05) is 6.92 Å². The van der Waals surface area contributed by atoms with Crippen LogP contribution >= 0.6 is 0 Å². The average Bonchev–Trinajstić information content (AvgIpc) is 1.69. The summed E-state index contributed by atoms with van der Waals surface area (Å²) in [6.45, 7) is 3.39. The Morgan fingerprint density at radius 1 is 1.67 bits per heavy atom. The van der Waals surface area contributed by atoms with Crippen LogP contribution in [0.15, 0.2) is 0 Å². The minimum Gasteiger partial charge on any atom is -0.396 e. The predicted molar refractivity (Wildman–Crippen MR) is 37.3 cm³/mol. The molecule has 0 aliphatic carbocycles. The molecule has 0 aliphatic rings. The van der Waals surface area contributed by atoms with Gasteiger partial charge in [-0.15, -0.1) is 0 Å². The van der Waals surface area contributed by atoms with Gasteiger partial charge in [-0.3, -0.25) is 4.79 Å². The molecule has 0 amide bonds. The molecule has 0 bridgehead atoms. The Kier molecular flexibility index (Phi) is 9.23. The van der Waals surface area contributed by atoms with Crippen molar-refractivity contribution < 1.29 is 9.90 Å². The summed E-state index contributed by atoms with van der Waals surface area (Å²) in [5, 5.41) is 8.48. The normalized spacial score (nSPS) is 11.9. The third-order valence-corrected chi connectivity index (χ3v) is 1.29. The molecule has 0 aromatic heterocycles. The Labute approximate surface area is 77.9 Å². The van der Waals surface area contributed by atoms with Gasteiger partial charge in [-0.05, 0) is 13.3 Å². The maximum absolute atomic E-state index is 10.4. The van der Waals surface area contributed by atoms with Crippen molar-refractivity contribution in [2.75, 3.05) is 6.61 Å². The van der Waals surface area contributed by atoms with Crippen molar-refractivity contribution in [3.8, 4) is 0 Å². The molecule has 2 nitrogen and oxygen atoms in total. The van der Waals surface area contributed by atoms with Crippen LogP contribution in [0.3, 0.4) is 0 Å². The molecule has 0 aromatic rings. The molecular formula is C6H12NaO2. The standard InChI is InChI=1S/C6H12O2.Na/c1-3-6(4-7)5(2)8;/h6-7H,3-4H2,1-2H3;. The van der Waals surface area contributed by atoms with Crippen LogP contribution in [0.1, 0.15) is 20.3 Å². The quantitative estimate of drug-likeness (QED) is 0.567. The maximum Gasteiger partial charge on any atom is 0.135 e. The summed E-state index contributed by atoms with van der Waals surface area (Å²) in [4.78, 5) is 10.4. The Balaban J connectivity index is 0. The van der Waals surface area contributed by atoms with Crippen LogP contribution in [0, 0.1) is 5.92 Å². The Morgan fingerprint density at radius 3 is 2.11 bits per heavy atom. The molecule has 0 fully saturated rings. The maximum atomic E-state index is 10.4. The number of ketones is 1. The van der Waals surface area contributed by atoms with Gasteiger partial charge in [0, 0.05) is 35.5 Å². The van der Waals surface area contributed by atoms with Crippen molar-refractivity contribution in [2.45, 2.75) is 20.3 Å². The number of hydrogen-bond donors (Lipinski definition) is 1. The summed E-state index contributed by atoms with van der Waals surface area (Å²) in [5.41, 5.74) is 0. The van der Waals surface area contributed by atoms with Crippen molar-refractivity contribution in [1.82, 2.24) is 0 Å². The summed E-state index contributed by atoms with van der Waals surface area (Å²) < 4.78 is 0. The van der Waals surface area contributed by atoms with E-state index in [4.69, 9.17) is 5.11 Å². The first-order chi connectivity index (χ1) is 3.72. The fraction of sp³-hybridized carbons (Fsp3) is 0.833. The molecule has 1 atom stereocenters. The second-order valence-electron chi connectivity index (χ2n) is 1.90. The van der Waals surface area contributed by atoms with Crippen molar-refractivity contribution in [3.63, 3.8) is 0 Å². The number of aliphatic hydroxyl groups excluding tert-OH is 1. The monoisotopic (exact) mass is 139 g/mol. The summed E-state index contributed by atoms with van der Waals surface area (Å²) >= 11 is 0. The second-order valence-corrected chi connectivity index (χ2v) is 1.90. The second kappa shape index (κ2) is 6.75. The Bertz CT molecular complexity index is 79.1. The van der Waals surface area contributed by atoms with E-state index >= 15 is 0 Å². The molecule has 0 saturated heterocycles. The van der Waals surface area contributed by atoms with Crippen LogP contribution < -0.4 is 0 Å². The number of rotatable bonds is 3. The molecule has 3 heteroatoms. The van der Waals surface area contributed by atoms with Gasteiger partial charge in [0.1, 0.15) is 5.78 Å². The fourth-order valence-corrected chi connectivity index (χ4v) is 0.545. The summed E-state index contributed by atoms with van der Waals surface area (Å²) in [6, 6.07) is 0. The zero-order valence-corrected chi connectivity index (χ0v) is 8.35. The van der Waals surface area contributed by atoms with Crippen LogP contribution in [0.5, 0.6) is 0 Å². The topological polar surface area (TPSA) is 37.3 Å². The van der Waals surface area contributed by atoms with E-state index in [9.17, 15) is 4.79 Å². The largest absolute Gasteiger partial charge is 0.396 e. The number of Topliss-reactive ketones (excluding diaryl/α,β-unsaturated/α-hetero) is 1. The molecule has 0 aromatic carbocycles. The van der Waals surface area contributed by atoms with Gasteiger partial charge < -0.3 is 5.11 Å². The van der Waals surface area contributed by atoms with Crippen molar-refractivity contribution in [1.29, 1.82) is 0 Å². The molecule has 1 radical (unpaired) electrons. The Hall–Kier alpha value is 0.630. The smallest absolute Gasteiger partial charge is 0.135 e.